The van der Waals surface area contributed by atoms with Crippen LogP contribution in [0.5, 0.6) is 6.01 Å². The molecule has 0 bridgehead atoms. The molecule has 0 aromatic carbocycles. The second-order valence-corrected chi connectivity index (χ2v) is 6.34. The van der Waals surface area contributed by atoms with Crippen molar-refractivity contribution >= 4 is 11.6 Å². The number of alkyl halides is 5. The van der Waals surface area contributed by atoms with Crippen LogP contribution < -0.4 is 10.1 Å². The molecule has 30 heavy (non-hydrogen) atoms. The van der Waals surface area contributed by atoms with Crippen LogP contribution in [0.4, 0.5) is 33.6 Å². The van der Waals surface area contributed by atoms with Gasteiger partial charge in [0.25, 0.3) is 5.92 Å². The van der Waals surface area contributed by atoms with Crippen molar-refractivity contribution in [3.8, 4) is 17.5 Å². The highest BCUT2D eigenvalue weighted by Crippen LogP contribution is 2.29. The van der Waals surface area contributed by atoms with Crippen LogP contribution in [0, 0.1) is 6.92 Å². The molecule has 0 saturated heterocycles. The zero-order valence-corrected chi connectivity index (χ0v) is 15.7. The molecule has 0 unspecified atom stereocenters. The van der Waals surface area contributed by atoms with Crippen molar-refractivity contribution in [3.05, 3.63) is 47.9 Å². The third-order valence-corrected chi connectivity index (χ3v) is 3.49. The van der Waals surface area contributed by atoms with Crippen LogP contribution in [-0.4, -0.2) is 37.4 Å². The van der Waals surface area contributed by atoms with Gasteiger partial charge >= 0.3 is 12.2 Å². The van der Waals surface area contributed by atoms with E-state index in [0.29, 0.717) is 18.3 Å². The smallest absolute Gasteiger partial charge is 0.433 e. The van der Waals surface area contributed by atoms with Gasteiger partial charge in [-0.1, -0.05) is 6.07 Å². The monoisotopic (exact) mass is 426 g/mol. The van der Waals surface area contributed by atoms with Crippen molar-refractivity contribution in [2.75, 3.05) is 11.9 Å². The normalized spacial score (nSPS) is 12.0. The maximum atomic E-state index is 13.2. The quantitative estimate of drug-likeness (QED) is 0.584. The van der Waals surface area contributed by atoms with Gasteiger partial charge in [0, 0.05) is 24.5 Å². The van der Waals surface area contributed by atoms with Crippen LogP contribution in [-0.2, 0) is 6.18 Å². The molecule has 12 heteroatoms. The van der Waals surface area contributed by atoms with E-state index >= 15 is 0 Å². The lowest BCUT2D eigenvalue weighted by atomic mass is 10.3. The molecule has 0 spiro atoms. The highest BCUT2D eigenvalue weighted by Gasteiger charge is 2.33. The molecule has 0 saturated carbocycles. The highest BCUT2D eigenvalue weighted by molar-refractivity contribution is 5.57. The molecular weight excluding hydrogens is 411 g/mol. The highest BCUT2D eigenvalue weighted by atomic mass is 19.4. The number of aryl methyl sites for hydroxylation is 1. The number of anilines is 2. The molecule has 3 heterocycles. The first-order chi connectivity index (χ1) is 14.0. The zero-order chi connectivity index (χ0) is 21.9. The van der Waals surface area contributed by atoms with Crippen LogP contribution in [0.3, 0.4) is 0 Å². The average Bonchev–Trinajstić information content (AvgIpc) is 2.65. The van der Waals surface area contributed by atoms with Crippen LogP contribution in [0.1, 0.15) is 18.3 Å². The van der Waals surface area contributed by atoms with E-state index < -0.39 is 30.4 Å². The lowest BCUT2D eigenvalue weighted by Gasteiger charge is -2.13. The molecule has 0 amide bonds. The summed E-state index contributed by atoms with van der Waals surface area (Å²) in [6.45, 7) is 1.36. The molecular formula is C18H15F5N6O. The fourth-order valence-electron chi connectivity index (χ4n) is 2.25. The lowest BCUT2D eigenvalue weighted by molar-refractivity contribution is -0.141. The maximum absolute atomic E-state index is 13.2. The number of nitrogens with one attached hydrogen (secondary N) is 1. The molecule has 0 aliphatic carbocycles. The van der Waals surface area contributed by atoms with Gasteiger partial charge in [-0.2, -0.15) is 28.1 Å². The molecule has 0 radical (unpaired) electrons. The van der Waals surface area contributed by atoms with Gasteiger partial charge < -0.3 is 10.1 Å². The minimum Gasteiger partial charge on any atom is -0.457 e. The number of hydrogen-bond acceptors (Lipinski definition) is 7. The first kappa shape index (κ1) is 21.3. The molecule has 1 N–H and O–H groups in total. The minimum atomic E-state index is -4.68. The van der Waals surface area contributed by atoms with Gasteiger partial charge in [0.15, 0.2) is 12.4 Å². The Hall–Kier alpha value is -3.44. The third-order valence-electron chi connectivity index (χ3n) is 3.49. The molecule has 0 aliphatic heterocycles. The van der Waals surface area contributed by atoms with Crippen LogP contribution in [0.25, 0.3) is 11.5 Å². The summed E-state index contributed by atoms with van der Waals surface area (Å²) in [6, 6.07) is 5.94. The molecule has 3 rings (SSSR count). The molecule has 3 aromatic heterocycles. The Morgan fingerprint density at radius 2 is 1.77 bits per heavy atom. The van der Waals surface area contributed by atoms with Crippen LogP contribution in [0.15, 0.2) is 36.5 Å². The van der Waals surface area contributed by atoms with E-state index in [9.17, 15) is 22.0 Å². The molecule has 0 atom stereocenters. The van der Waals surface area contributed by atoms with E-state index in [-0.39, 0.29) is 17.5 Å². The number of hydrogen-bond donors (Lipinski definition) is 1. The van der Waals surface area contributed by atoms with Gasteiger partial charge in [-0.3, -0.25) is 4.98 Å². The Bertz CT molecular complexity index is 1040. The predicted octanol–water partition coefficient (Wildman–Crippen LogP) is 4.43. The van der Waals surface area contributed by atoms with Crippen molar-refractivity contribution in [1.29, 1.82) is 0 Å². The van der Waals surface area contributed by atoms with Gasteiger partial charge in [-0.05, 0) is 31.2 Å². The zero-order valence-electron chi connectivity index (χ0n) is 15.7. The van der Waals surface area contributed by atoms with Gasteiger partial charge in [0.1, 0.15) is 11.4 Å². The number of ether oxygens (including phenoxy) is 1. The van der Waals surface area contributed by atoms with Gasteiger partial charge in [0.05, 0.1) is 0 Å². The Morgan fingerprint density at radius 3 is 2.43 bits per heavy atom. The fourth-order valence-corrected chi connectivity index (χ4v) is 2.25. The summed E-state index contributed by atoms with van der Waals surface area (Å²) >= 11 is 0. The summed E-state index contributed by atoms with van der Waals surface area (Å²) in [5.41, 5.74) is -0.184. The first-order valence-corrected chi connectivity index (χ1v) is 8.51. The van der Waals surface area contributed by atoms with Crippen LogP contribution in [0.2, 0.25) is 0 Å². The van der Waals surface area contributed by atoms with E-state index in [0.717, 1.165) is 12.1 Å². The average molecular weight is 426 g/mol. The topological polar surface area (TPSA) is 85.7 Å². The Kier molecular flexibility index (Phi) is 5.76. The number of pyridine rings is 2. The minimum absolute atomic E-state index is 0.126. The van der Waals surface area contributed by atoms with Gasteiger partial charge in [-0.25, -0.2) is 13.8 Å². The lowest BCUT2D eigenvalue weighted by Crippen LogP contribution is -2.22. The standard InChI is InChI=1S/C18H15F5N6O/c1-10-8-11(6-7-24-10)25-15-27-14(28-16(29-15)30-9-17(2,19)20)12-4-3-5-13(26-12)18(21,22)23/h3-8H,9H2,1-2H3,(H,24,25,27,28,29). The summed E-state index contributed by atoms with van der Waals surface area (Å²) in [4.78, 5) is 19.3. The van der Waals surface area contributed by atoms with Crippen molar-refractivity contribution < 1.29 is 26.7 Å². The summed E-state index contributed by atoms with van der Waals surface area (Å²) in [6.07, 6.45) is -3.16. The summed E-state index contributed by atoms with van der Waals surface area (Å²) in [5.74, 6) is -3.57. The van der Waals surface area contributed by atoms with Crippen molar-refractivity contribution in [1.82, 2.24) is 24.9 Å². The molecule has 3 aromatic rings. The number of nitrogens with zero attached hydrogens (tertiary/aromatic N) is 5. The second-order valence-electron chi connectivity index (χ2n) is 6.34. The molecule has 158 valence electrons. The number of rotatable bonds is 6. The Balaban J connectivity index is 2.01. The second kappa shape index (κ2) is 8.13. The molecule has 7 nitrogen and oxygen atoms in total. The third kappa shape index (κ3) is 5.78. The Labute approximate surface area is 167 Å². The van der Waals surface area contributed by atoms with E-state index in [1.165, 1.54) is 12.3 Å². The van der Waals surface area contributed by atoms with E-state index in [1.807, 2.05) is 0 Å². The summed E-state index contributed by atoms with van der Waals surface area (Å²) in [7, 11) is 0. The van der Waals surface area contributed by atoms with Crippen molar-refractivity contribution in [2.45, 2.75) is 25.9 Å². The Morgan fingerprint density at radius 1 is 1.00 bits per heavy atom. The first-order valence-electron chi connectivity index (χ1n) is 8.51. The summed E-state index contributed by atoms with van der Waals surface area (Å²) < 4.78 is 70.2. The van der Waals surface area contributed by atoms with E-state index in [4.69, 9.17) is 4.74 Å². The van der Waals surface area contributed by atoms with Crippen molar-refractivity contribution in [3.63, 3.8) is 0 Å². The predicted molar refractivity (Wildman–Crippen MR) is 96.4 cm³/mol. The van der Waals surface area contributed by atoms with Crippen molar-refractivity contribution in [2.24, 2.45) is 0 Å². The van der Waals surface area contributed by atoms with Gasteiger partial charge in [-0.15, -0.1) is 0 Å². The SMILES string of the molecule is Cc1cc(Nc2nc(OCC(C)(F)F)nc(-c3cccc(C(F)(F)F)n3)n2)ccn1. The molecule has 0 aliphatic rings. The fraction of sp³-hybridized carbons (Fsp3) is 0.278. The van der Waals surface area contributed by atoms with Crippen LogP contribution >= 0.6 is 0 Å². The summed E-state index contributed by atoms with van der Waals surface area (Å²) in [5, 5.41) is 2.82. The van der Waals surface area contributed by atoms with E-state index in [2.05, 4.69) is 30.2 Å². The number of halogens is 5. The molecule has 0 fully saturated rings. The number of aromatic nitrogens is 5. The maximum Gasteiger partial charge on any atom is 0.433 e. The largest absolute Gasteiger partial charge is 0.457 e. The van der Waals surface area contributed by atoms with E-state index in [1.54, 1.807) is 19.1 Å². The van der Waals surface area contributed by atoms with Gasteiger partial charge in [0.2, 0.25) is 5.95 Å².